The molecule has 0 spiro atoms. The second-order valence-corrected chi connectivity index (χ2v) is 16.8. The van der Waals surface area contributed by atoms with E-state index in [-0.39, 0.29) is 0 Å². The Morgan fingerprint density at radius 1 is 0.345 bits per heavy atom. The molecule has 276 valence electrons. The molecule has 2 nitrogen and oxygen atoms in total. The zero-order valence-electron chi connectivity index (χ0n) is 34.5. The van der Waals surface area contributed by atoms with Crippen molar-refractivity contribution in [1.29, 1.82) is 0 Å². The van der Waals surface area contributed by atoms with Gasteiger partial charge in [0.25, 0.3) is 0 Å². The van der Waals surface area contributed by atoms with Crippen LogP contribution in [-0.4, -0.2) is 0 Å². The Morgan fingerprint density at radius 3 is 1.18 bits per heavy atom. The molecule has 2 heteroatoms. The lowest BCUT2D eigenvalue weighted by atomic mass is 9.84. The molecular formula is C53H54N2. The van der Waals surface area contributed by atoms with E-state index in [0.717, 1.165) is 0 Å². The molecule has 55 heavy (non-hydrogen) atoms. The zero-order chi connectivity index (χ0) is 38.9. The molecule has 0 radical (unpaired) electrons. The average Bonchev–Trinajstić information content (AvgIpc) is 3.12. The van der Waals surface area contributed by atoms with Crippen molar-refractivity contribution in [1.82, 2.24) is 0 Å². The fourth-order valence-electron chi connectivity index (χ4n) is 9.18. The summed E-state index contributed by atoms with van der Waals surface area (Å²) in [6.07, 6.45) is 0. The first-order chi connectivity index (χ1) is 26.3. The van der Waals surface area contributed by atoms with Crippen molar-refractivity contribution in [2.24, 2.45) is 0 Å². The van der Waals surface area contributed by atoms with E-state index in [1.165, 1.54) is 117 Å². The summed E-state index contributed by atoms with van der Waals surface area (Å²) < 4.78 is 0. The van der Waals surface area contributed by atoms with Gasteiger partial charge in [0.2, 0.25) is 0 Å². The van der Waals surface area contributed by atoms with Crippen LogP contribution < -0.4 is 9.80 Å². The van der Waals surface area contributed by atoms with Gasteiger partial charge < -0.3 is 9.80 Å². The van der Waals surface area contributed by atoms with Crippen molar-refractivity contribution in [3.05, 3.63) is 165 Å². The van der Waals surface area contributed by atoms with E-state index >= 15 is 0 Å². The van der Waals surface area contributed by atoms with E-state index in [4.69, 9.17) is 0 Å². The van der Waals surface area contributed by atoms with Crippen LogP contribution in [0.3, 0.4) is 0 Å². The predicted molar refractivity (Wildman–Crippen MR) is 241 cm³/mol. The number of rotatable bonds is 8. The van der Waals surface area contributed by atoms with Crippen LogP contribution in [0.2, 0.25) is 0 Å². The Balaban J connectivity index is 1.55. The molecule has 0 atom stereocenters. The molecule has 8 aromatic carbocycles. The molecule has 0 N–H and O–H groups in total. The Labute approximate surface area is 328 Å². The predicted octanol–water partition coefficient (Wildman–Crippen LogP) is 15.9. The summed E-state index contributed by atoms with van der Waals surface area (Å²) in [5.41, 5.74) is 18.8. The molecule has 0 aromatic heterocycles. The lowest BCUT2D eigenvalue weighted by Crippen LogP contribution is -2.14. The Bertz CT molecular complexity index is 2710. The average molecular weight is 719 g/mol. The summed E-state index contributed by atoms with van der Waals surface area (Å²) >= 11 is 0. The number of benzene rings is 8. The Kier molecular flexibility index (Phi) is 9.20. The number of hydrogen-bond acceptors (Lipinski definition) is 2. The first-order valence-corrected chi connectivity index (χ1v) is 20.0. The largest absolute Gasteiger partial charge is 0.310 e. The summed E-state index contributed by atoms with van der Waals surface area (Å²) in [6, 6.07) is 44.3. The molecule has 0 saturated carbocycles. The third-order valence-corrected chi connectivity index (χ3v) is 11.5. The fourth-order valence-corrected chi connectivity index (χ4v) is 9.18. The van der Waals surface area contributed by atoms with Crippen molar-refractivity contribution in [3.8, 4) is 0 Å². The van der Waals surface area contributed by atoms with Gasteiger partial charge in [-0.2, -0.15) is 0 Å². The number of para-hydroxylation sites is 1. The van der Waals surface area contributed by atoms with E-state index in [9.17, 15) is 0 Å². The summed E-state index contributed by atoms with van der Waals surface area (Å²) in [5, 5.41) is 7.93. The lowest BCUT2D eigenvalue weighted by molar-refractivity contribution is 0.875. The van der Waals surface area contributed by atoms with Gasteiger partial charge in [-0.15, -0.1) is 0 Å². The first kappa shape index (κ1) is 36.4. The van der Waals surface area contributed by atoms with Crippen LogP contribution in [0.4, 0.5) is 34.1 Å². The minimum absolute atomic E-state index is 0.325. The normalized spacial score (nSPS) is 11.9. The van der Waals surface area contributed by atoms with Crippen LogP contribution in [0.25, 0.3) is 32.3 Å². The van der Waals surface area contributed by atoms with Crippen LogP contribution in [0.1, 0.15) is 89.6 Å². The molecule has 0 aliphatic rings. The maximum atomic E-state index is 2.53. The van der Waals surface area contributed by atoms with Crippen LogP contribution in [-0.2, 0) is 0 Å². The monoisotopic (exact) mass is 718 g/mol. The van der Waals surface area contributed by atoms with Crippen LogP contribution in [0.5, 0.6) is 0 Å². The highest BCUT2D eigenvalue weighted by Crippen LogP contribution is 2.51. The van der Waals surface area contributed by atoms with E-state index < -0.39 is 0 Å². The Hall–Kier alpha value is -5.60. The molecule has 8 aromatic rings. The van der Waals surface area contributed by atoms with Gasteiger partial charge in [-0.25, -0.2) is 0 Å². The molecule has 0 heterocycles. The highest BCUT2D eigenvalue weighted by molar-refractivity contribution is 6.29. The Morgan fingerprint density at radius 2 is 0.764 bits per heavy atom. The lowest BCUT2D eigenvalue weighted by Gasteiger charge is -2.33. The summed E-state index contributed by atoms with van der Waals surface area (Å²) in [5.74, 6) is 0.651. The van der Waals surface area contributed by atoms with E-state index in [2.05, 4.69) is 201 Å². The third kappa shape index (κ3) is 6.32. The molecule has 0 fully saturated rings. The second kappa shape index (κ2) is 13.9. The topological polar surface area (TPSA) is 6.48 Å². The minimum atomic E-state index is 0.325. The van der Waals surface area contributed by atoms with Crippen LogP contribution in [0, 0.1) is 48.5 Å². The van der Waals surface area contributed by atoms with Crippen molar-refractivity contribution < 1.29 is 0 Å². The minimum Gasteiger partial charge on any atom is -0.310 e. The number of hydrogen-bond donors (Lipinski definition) is 0. The second-order valence-electron chi connectivity index (χ2n) is 16.8. The quantitative estimate of drug-likeness (QED) is 0.144. The highest BCUT2D eigenvalue weighted by Gasteiger charge is 2.27. The molecule has 0 aliphatic heterocycles. The van der Waals surface area contributed by atoms with Gasteiger partial charge in [0.1, 0.15) is 0 Å². The van der Waals surface area contributed by atoms with Gasteiger partial charge in [-0.05, 0) is 175 Å². The SMILES string of the molecule is Cc1cc(C)cc(N(c2ccccc2C)c2cc(C(C)C)c3ccc4c(N(c5cc(C)cc(C)c5)c5ccc(C)cc5C)cc(C(C)C)c5ccc2c3c54)c1. The van der Waals surface area contributed by atoms with Gasteiger partial charge in [0, 0.05) is 33.5 Å². The van der Waals surface area contributed by atoms with Crippen molar-refractivity contribution in [3.63, 3.8) is 0 Å². The molecule has 0 bridgehead atoms. The molecule has 0 aliphatic carbocycles. The molecule has 0 unspecified atom stereocenters. The number of aryl methyl sites for hydroxylation is 7. The third-order valence-electron chi connectivity index (χ3n) is 11.5. The van der Waals surface area contributed by atoms with E-state index in [1.54, 1.807) is 0 Å². The maximum absolute atomic E-state index is 2.53. The molecule has 0 amide bonds. The van der Waals surface area contributed by atoms with E-state index in [0.29, 0.717) is 11.8 Å². The van der Waals surface area contributed by atoms with Gasteiger partial charge in [-0.1, -0.05) is 100.0 Å². The fraction of sp³-hybridized carbons (Fsp3) is 0.245. The standard InChI is InChI=1S/C53H54N2/c1-31(2)46-29-50(54(48-15-13-12-14-38(48)10)40-25-34(6)22-35(7)26-40)44-19-17-43-47(32(3)4)30-51(45-20-18-42(46)52(44)53(43)45)55(41-27-36(8)23-37(9)28-41)49-21-16-33(5)24-39(49)11/h12-32H,1-11H3. The molecule has 0 saturated heterocycles. The van der Waals surface area contributed by atoms with Crippen molar-refractivity contribution in [2.45, 2.75) is 88.0 Å². The van der Waals surface area contributed by atoms with Crippen LogP contribution >= 0.6 is 0 Å². The van der Waals surface area contributed by atoms with E-state index in [1.807, 2.05) is 0 Å². The molecule has 8 rings (SSSR count). The van der Waals surface area contributed by atoms with Gasteiger partial charge in [-0.3, -0.25) is 0 Å². The molecular weight excluding hydrogens is 665 g/mol. The maximum Gasteiger partial charge on any atom is 0.0543 e. The first-order valence-electron chi connectivity index (χ1n) is 20.0. The van der Waals surface area contributed by atoms with Gasteiger partial charge >= 0.3 is 0 Å². The number of anilines is 6. The summed E-state index contributed by atoms with van der Waals surface area (Å²) in [6.45, 7) is 24.9. The van der Waals surface area contributed by atoms with Crippen LogP contribution in [0.15, 0.2) is 115 Å². The number of nitrogens with zero attached hydrogens (tertiary/aromatic N) is 2. The van der Waals surface area contributed by atoms with Crippen molar-refractivity contribution in [2.75, 3.05) is 9.80 Å². The van der Waals surface area contributed by atoms with Gasteiger partial charge in [0.05, 0.1) is 11.4 Å². The van der Waals surface area contributed by atoms with Crippen molar-refractivity contribution >= 4 is 66.4 Å². The van der Waals surface area contributed by atoms with Gasteiger partial charge in [0.15, 0.2) is 0 Å². The highest BCUT2D eigenvalue weighted by atomic mass is 15.2. The summed E-state index contributed by atoms with van der Waals surface area (Å²) in [4.78, 5) is 5.06. The smallest absolute Gasteiger partial charge is 0.0543 e. The summed E-state index contributed by atoms with van der Waals surface area (Å²) in [7, 11) is 0. The zero-order valence-corrected chi connectivity index (χ0v) is 34.5.